The molecule has 21 heavy (non-hydrogen) atoms. The molecular formula is C15H19N3O2S. The molecule has 1 spiro atoms. The number of aryl methyl sites for hydroxylation is 1. The fraction of sp³-hybridized carbons (Fsp3) is 0.600. The zero-order chi connectivity index (χ0) is 14.3. The molecule has 2 aliphatic rings. The molecule has 4 rings (SSSR count). The van der Waals surface area contributed by atoms with Gasteiger partial charge in [0.2, 0.25) is 0 Å². The number of ether oxygens (including phenoxy) is 2. The topological polar surface area (TPSA) is 56.3 Å². The standard InChI is InChI=1S/C15H19N3O2S/c1-10-7-21-13-12(10)16-9-17-14(13)18-11-2-4-20-15(6-11)3-5-19-8-15/h7,9,11H,2-6,8H2,1H3,(H,16,17,18). The second kappa shape index (κ2) is 5.19. The predicted molar refractivity (Wildman–Crippen MR) is 82.9 cm³/mol. The number of fused-ring (bicyclic) bond motifs is 1. The van der Waals surface area contributed by atoms with E-state index in [0.717, 1.165) is 55.1 Å². The largest absolute Gasteiger partial charge is 0.378 e. The van der Waals surface area contributed by atoms with E-state index in [0.29, 0.717) is 6.04 Å². The van der Waals surface area contributed by atoms with Crippen molar-refractivity contribution in [1.82, 2.24) is 9.97 Å². The number of rotatable bonds is 2. The Labute approximate surface area is 127 Å². The van der Waals surface area contributed by atoms with Crippen molar-refractivity contribution in [3.63, 3.8) is 0 Å². The number of nitrogens with one attached hydrogen (secondary N) is 1. The van der Waals surface area contributed by atoms with Gasteiger partial charge in [-0.15, -0.1) is 11.3 Å². The highest BCUT2D eigenvalue weighted by Gasteiger charge is 2.41. The maximum atomic E-state index is 5.99. The maximum Gasteiger partial charge on any atom is 0.147 e. The Morgan fingerprint density at radius 1 is 1.38 bits per heavy atom. The van der Waals surface area contributed by atoms with Gasteiger partial charge >= 0.3 is 0 Å². The van der Waals surface area contributed by atoms with E-state index in [2.05, 4.69) is 27.6 Å². The van der Waals surface area contributed by atoms with Crippen molar-refractivity contribution in [2.75, 3.05) is 25.1 Å². The van der Waals surface area contributed by atoms with E-state index in [9.17, 15) is 0 Å². The van der Waals surface area contributed by atoms with E-state index in [4.69, 9.17) is 9.47 Å². The van der Waals surface area contributed by atoms with E-state index in [1.807, 2.05) is 0 Å². The lowest BCUT2D eigenvalue weighted by Crippen LogP contribution is -2.45. The molecule has 2 aromatic heterocycles. The molecule has 0 aliphatic carbocycles. The average Bonchev–Trinajstić information content (AvgIpc) is 3.08. The van der Waals surface area contributed by atoms with Gasteiger partial charge in [-0.3, -0.25) is 0 Å². The Morgan fingerprint density at radius 3 is 3.19 bits per heavy atom. The Bertz CT molecular complexity index is 651. The van der Waals surface area contributed by atoms with Crippen LogP contribution in [0.2, 0.25) is 0 Å². The van der Waals surface area contributed by atoms with Crippen molar-refractivity contribution in [2.45, 2.75) is 37.8 Å². The van der Waals surface area contributed by atoms with Crippen molar-refractivity contribution in [1.29, 1.82) is 0 Å². The summed E-state index contributed by atoms with van der Waals surface area (Å²) in [6.45, 7) is 4.42. The van der Waals surface area contributed by atoms with Crippen LogP contribution < -0.4 is 5.32 Å². The highest BCUT2D eigenvalue weighted by Crippen LogP contribution is 2.35. The van der Waals surface area contributed by atoms with Gasteiger partial charge in [0, 0.05) is 25.7 Å². The first-order valence-corrected chi connectivity index (χ1v) is 8.31. The molecule has 1 N–H and O–H groups in total. The van der Waals surface area contributed by atoms with Crippen molar-refractivity contribution in [3.05, 3.63) is 17.3 Å². The third-order valence-electron chi connectivity index (χ3n) is 4.43. The molecule has 2 fully saturated rings. The van der Waals surface area contributed by atoms with Gasteiger partial charge in [-0.05, 0) is 30.7 Å². The average molecular weight is 305 g/mol. The smallest absolute Gasteiger partial charge is 0.147 e. The van der Waals surface area contributed by atoms with Gasteiger partial charge in [0.25, 0.3) is 0 Å². The lowest BCUT2D eigenvalue weighted by atomic mass is 9.90. The lowest BCUT2D eigenvalue weighted by Gasteiger charge is -2.37. The van der Waals surface area contributed by atoms with Crippen LogP contribution in [0.5, 0.6) is 0 Å². The highest BCUT2D eigenvalue weighted by atomic mass is 32.1. The van der Waals surface area contributed by atoms with Crippen molar-refractivity contribution < 1.29 is 9.47 Å². The van der Waals surface area contributed by atoms with Crippen LogP contribution in [0.25, 0.3) is 10.2 Å². The predicted octanol–water partition coefficient (Wildman–Crippen LogP) is 2.75. The van der Waals surface area contributed by atoms with Gasteiger partial charge in [-0.1, -0.05) is 0 Å². The summed E-state index contributed by atoms with van der Waals surface area (Å²) in [6.07, 6.45) is 4.65. The second-order valence-electron chi connectivity index (χ2n) is 5.99. The molecule has 2 aliphatic heterocycles. The van der Waals surface area contributed by atoms with Crippen LogP contribution >= 0.6 is 11.3 Å². The molecule has 2 unspecified atom stereocenters. The van der Waals surface area contributed by atoms with Gasteiger partial charge in [-0.25, -0.2) is 9.97 Å². The summed E-state index contributed by atoms with van der Waals surface area (Å²) in [6, 6.07) is 0.390. The van der Waals surface area contributed by atoms with Gasteiger partial charge in [0.15, 0.2) is 0 Å². The summed E-state index contributed by atoms with van der Waals surface area (Å²) in [5, 5.41) is 5.75. The fourth-order valence-corrected chi connectivity index (χ4v) is 4.23. The minimum Gasteiger partial charge on any atom is -0.378 e. The molecule has 112 valence electrons. The van der Waals surface area contributed by atoms with Gasteiger partial charge in [0.1, 0.15) is 12.1 Å². The van der Waals surface area contributed by atoms with Gasteiger partial charge in [0.05, 0.1) is 22.4 Å². The summed E-state index contributed by atoms with van der Waals surface area (Å²) < 4.78 is 12.7. The maximum absolute atomic E-state index is 5.99. The molecule has 0 saturated carbocycles. The van der Waals surface area contributed by atoms with Crippen molar-refractivity contribution in [2.24, 2.45) is 0 Å². The van der Waals surface area contributed by atoms with E-state index in [1.165, 1.54) is 5.56 Å². The van der Waals surface area contributed by atoms with E-state index >= 15 is 0 Å². The third kappa shape index (κ3) is 2.41. The molecule has 0 aromatic carbocycles. The molecule has 2 saturated heterocycles. The van der Waals surface area contributed by atoms with Crippen LogP contribution in [0.3, 0.4) is 0 Å². The van der Waals surface area contributed by atoms with E-state index in [-0.39, 0.29) is 5.60 Å². The number of nitrogens with zero attached hydrogens (tertiary/aromatic N) is 2. The molecule has 0 bridgehead atoms. The van der Waals surface area contributed by atoms with Gasteiger partial charge < -0.3 is 14.8 Å². The SMILES string of the molecule is Cc1csc2c(NC3CCOC4(CCOC4)C3)ncnc12. The molecule has 0 amide bonds. The summed E-state index contributed by atoms with van der Waals surface area (Å²) in [5.41, 5.74) is 2.20. The Balaban J connectivity index is 1.57. The quantitative estimate of drug-likeness (QED) is 0.924. The molecule has 2 aromatic rings. The molecule has 0 radical (unpaired) electrons. The van der Waals surface area contributed by atoms with Crippen LogP contribution in [0, 0.1) is 6.92 Å². The van der Waals surface area contributed by atoms with Gasteiger partial charge in [-0.2, -0.15) is 0 Å². The summed E-state index contributed by atoms with van der Waals surface area (Å²) in [5.74, 6) is 0.957. The van der Waals surface area contributed by atoms with E-state index < -0.39 is 0 Å². The summed E-state index contributed by atoms with van der Waals surface area (Å²) in [4.78, 5) is 8.83. The molecule has 6 heteroatoms. The first-order chi connectivity index (χ1) is 10.3. The second-order valence-corrected chi connectivity index (χ2v) is 6.87. The first kappa shape index (κ1) is 13.4. The van der Waals surface area contributed by atoms with Crippen LogP contribution in [-0.4, -0.2) is 41.4 Å². The first-order valence-electron chi connectivity index (χ1n) is 7.43. The summed E-state index contributed by atoms with van der Waals surface area (Å²) >= 11 is 1.71. The van der Waals surface area contributed by atoms with Crippen molar-refractivity contribution in [3.8, 4) is 0 Å². The van der Waals surface area contributed by atoms with Crippen molar-refractivity contribution >= 4 is 27.4 Å². The monoisotopic (exact) mass is 305 g/mol. The minimum atomic E-state index is -0.0760. The van der Waals surface area contributed by atoms with Crippen LogP contribution in [-0.2, 0) is 9.47 Å². The molecule has 4 heterocycles. The Kier molecular flexibility index (Phi) is 3.32. The lowest BCUT2D eigenvalue weighted by molar-refractivity contribution is -0.0828. The summed E-state index contributed by atoms with van der Waals surface area (Å²) in [7, 11) is 0. The Hall–Kier alpha value is -1.24. The number of thiophene rings is 1. The number of hydrogen-bond donors (Lipinski definition) is 1. The Morgan fingerprint density at radius 2 is 2.33 bits per heavy atom. The normalized spacial score (nSPS) is 29.3. The highest BCUT2D eigenvalue weighted by molar-refractivity contribution is 7.18. The zero-order valence-electron chi connectivity index (χ0n) is 12.1. The van der Waals surface area contributed by atoms with E-state index in [1.54, 1.807) is 17.7 Å². The van der Waals surface area contributed by atoms with Crippen LogP contribution in [0.1, 0.15) is 24.8 Å². The number of hydrogen-bond acceptors (Lipinski definition) is 6. The van der Waals surface area contributed by atoms with Crippen LogP contribution in [0.4, 0.5) is 5.82 Å². The molecule has 5 nitrogen and oxygen atoms in total. The molecular weight excluding hydrogens is 286 g/mol. The number of anilines is 1. The van der Waals surface area contributed by atoms with Crippen LogP contribution in [0.15, 0.2) is 11.7 Å². The fourth-order valence-electron chi connectivity index (χ4n) is 3.28. The molecule has 2 atom stereocenters. The zero-order valence-corrected chi connectivity index (χ0v) is 12.9. The minimum absolute atomic E-state index is 0.0760. The third-order valence-corrected chi connectivity index (χ3v) is 5.53. The number of aromatic nitrogens is 2.